The van der Waals surface area contributed by atoms with Crippen LogP contribution < -0.4 is 26.5 Å². The van der Waals surface area contributed by atoms with Crippen molar-refractivity contribution in [2.24, 2.45) is 5.73 Å². The molecule has 1 unspecified atom stereocenters. The molecule has 5 aromatic rings. The Morgan fingerprint density at radius 1 is 0.951 bits per heavy atom. The third kappa shape index (κ3) is 4.55. The van der Waals surface area contributed by atoms with E-state index in [0.717, 1.165) is 5.39 Å². The third-order valence-electron chi connectivity index (χ3n) is 6.75. The highest BCUT2D eigenvalue weighted by Gasteiger charge is 2.40. The largest absolute Gasteiger partial charge is 0.508 e. The number of aromatic hydroxyl groups is 1. The van der Waals surface area contributed by atoms with Gasteiger partial charge in [-0.1, -0.05) is 36.4 Å². The van der Waals surface area contributed by atoms with E-state index in [2.05, 4.69) is 0 Å². The molecule has 1 aliphatic heterocycles. The van der Waals surface area contributed by atoms with E-state index in [4.69, 9.17) is 28.8 Å². The van der Waals surface area contributed by atoms with Crippen molar-refractivity contribution in [1.82, 2.24) is 0 Å². The zero-order chi connectivity index (χ0) is 28.7. The minimum Gasteiger partial charge on any atom is -0.508 e. The molecule has 41 heavy (non-hydrogen) atoms. The van der Waals surface area contributed by atoms with Crippen LogP contribution in [0.15, 0.2) is 103 Å². The summed E-state index contributed by atoms with van der Waals surface area (Å²) in [5.74, 6) is -1.90. The Morgan fingerprint density at radius 2 is 1.71 bits per heavy atom. The molecule has 1 atom stereocenters. The molecule has 3 heterocycles. The second-order valence-electron chi connectivity index (χ2n) is 9.27. The average Bonchev–Trinajstić information content (AvgIpc) is 2.95. The summed E-state index contributed by atoms with van der Waals surface area (Å²) in [5, 5.41) is 11.0. The van der Waals surface area contributed by atoms with Crippen molar-refractivity contribution in [3.8, 4) is 17.2 Å². The van der Waals surface area contributed by atoms with Crippen molar-refractivity contribution in [2.45, 2.75) is 19.4 Å². The van der Waals surface area contributed by atoms with Crippen molar-refractivity contribution in [3.05, 3.63) is 122 Å². The molecule has 3 aromatic carbocycles. The number of hydrogen-bond acceptors (Lipinski definition) is 10. The number of fused-ring (bicyclic) bond motifs is 4. The van der Waals surface area contributed by atoms with Crippen LogP contribution in [-0.4, -0.2) is 17.7 Å². The van der Waals surface area contributed by atoms with Crippen LogP contribution in [0.2, 0.25) is 0 Å². The molecule has 1 aliphatic rings. The smallest absolute Gasteiger partial charge is 0.344 e. The predicted octanol–water partition coefficient (Wildman–Crippen LogP) is 4.44. The van der Waals surface area contributed by atoms with Crippen molar-refractivity contribution in [3.63, 3.8) is 0 Å². The fraction of sp³-hybridized carbons (Fsp3) is 0.129. The molecule has 0 aliphatic carbocycles. The molecule has 10 nitrogen and oxygen atoms in total. The van der Waals surface area contributed by atoms with Gasteiger partial charge in [-0.3, -0.25) is 0 Å². The van der Waals surface area contributed by atoms with Gasteiger partial charge in [-0.05, 0) is 37.3 Å². The van der Waals surface area contributed by atoms with Crippen LogP contribution in [0.25, 0.3) is 21.9 Å². The second-order valence-corrected chi connectivity index (χ2v) is 9.27. The summed E-state index contributed by atoms with van der Waals surface area (Å²) in [6.45, 7) is 1.54. The molecule has 0 bridgehead atoms. The molecule has 10 heteroatoms. The first kappa shape index (κ1) is 25.8. The Kier molecular flexibility index (Phi) is 6.43. The molecule has 0 amide bonds. The van der Waals surface area contributed by atoms with E-state index >= 15 is 0 Å². The summed E-state index contributed by atoms with van der Waals surface area (Å²) >= 11 is 0. The number of para-hydroxylation sites is 2. The summed E-state index contributed by atoms with van der Waals surface area (Å²) < 4.78 is 28.2. The Hall–Kier alpha value is -5.51. The van der Waals surface area contributed by atoms with Gasteiger partial charge in [-0.2, -0.15) is 0 Å². The first-order chi connectivity index (χ1) is 19.9. The minimum atomic E-state index is -1.10. The number of benzene rings is 3. The number of carbonyl (C=O) groups is 1. The third-order valence-corrected chi connectivity index (χ3v) is 6.75. The number of carbonyl (C=O) groups excluding carboxylic acids is 1. The molecule has 6 rings (SSSR count). The van der Waals surface area contributed by atoms with Crippen LogP contribution >= 0.6 is 0 Å². The molecule has 0 spiro atoms. The van der Waals surface area contributed by atoms with Crippen LogP contribution in [0, 0.1) is 0 Å². The standard InChI is InChI=1S/C31H23NO9/c1-2-37-30(35)26-24(25-27(41-28(26)32)20-12-11-18(33)14-23(20)40-31(25)36)19-8-4-6-10-22(19)38-15-17-13-16-7-3-5-9-21(16)39-29(17)34/h3-14,24,33H,2,15,32H2,1H3. The number of rotatable bonds is 6. The lowest BCUT2D eigenvalue weighted by Gasteiger charge is -2.29. The summed E-state index contributed by atoms with van der Waals surface area (Å²) in [6.07, 6.45) is 0. The lowest BCUT2D eigenvalue weighted by molar-refractivity contribution is -0.139. The normalized spacial score (nSPS) is 14.5. The van der Waals surface area contributed by atoms with Gasteiger partial charge in [0.15, 0.2) is 5.75 Å². The van der Waals surface area contributed by atoms with Gasteiger partial charge in [0.1, 0.15) is 34.8 Å². The Morgan fingerprint density at radius 3 is 2.54 bits per heavy atom. The van der Waals surface area contributed by atoms with E-state index in [-0.39, 0.29) is 58.6 Å². The SMILES string of the molecule is CCOC(=O)C1=C(N)Oc2c(c(=O)oc3cc(O)ccc23)C1c1ccccc1OCc1cc2ccccc2oc1=O. The van der Waals surface area contributed by atoms with Crippen molar-refractivity contribution < 1.29 is 32.9 Å². The fourth-order valence-electron chi connectivity index (χ4n) is 4.94. The monoisotopic (exact) mass is 553 g/mol. The maximum Gasteiger partial charge on any atom is 0.344 e. The van der Waals surface area contributed by atoms with Crippen LogP contribution in [0.4, 0.5) is 0 Å². The van der Waals surface area contributed by atoms with E-state index in [0.29, 0.717) is 16.5 Å². The quantitative estimate of drug-likeness (QED) is 0.228. The maximum atomic E-state index is 13.4. The molecule has 2 aromatic heterocycles. The van der Waals surface area contributed by atoms with Gasteiger partial charge < -0.3 is 33.9 Å². The number of phenols is 1. The molecule has 0 saturated heterocycles. The summed E-state index contributed by atoms with van der Waals surface area (Å²) in [7, 11) is 0. The van der Waals surface area contributed by atoms with Crippen LogP contribution in [-0.2, 0) is 16.1 Å². The van der Waals surface area contributed by atoms with Crippen molar-refractivity contribution in [1.29, 1.82) is 0 Å². The highest BCUT2D eigenvalue weighted by molar-refractivity contribution is 5.95. The van der Waals surface area contributed by atoms with Crippen molar-refractivity contribution in [2.75, 3.05) is 6.61 Å². The summed E-state index contributed by atoms with van der Waals surface area (Å²) in [4.78, 5) is 39.2. The van der Waals surface area contributed by atoms with Gasteiger partial charge in [0.2, 0.25) is 5.88 Å². The highest BCUT2D eigenvalue weighted by Crippen LogP contribution is 2.46. The Balaban J connectivity index is 1.50. The second kappa shape index (κ2) is 10.2. The molecule has 0 fully saturated rings. The number of phenolic OH excluding ortho intramolecular Hbond substituents is 1. The van der Waals surface area contributed by atoms with Gasteiger partial charge in [-0.15, -0.1) is 0 Å². The predicted molar refractivity (Wildman–Crippen MR) is 148 cm³/mol. The van der Waals surface area contributed by atoms with Crippen LogP contribution in [0.1, 0.15) is 29.5 Å². The van der Waals surface area contributed by atoms with Gasteiger partial charge in [0, 0.05) is 17.0 Å². The van der Waals surface area contributed by atoms with Crippen molar-refractivity contribution >= 4 is 27.9 Å². The average molecular weight is 554 g/mol. The summed E-state index contributed by atoms with van der Waals surface area (Å²) in [6, 6.07) is 19.8. The molecule has 0 saturated carbocycles. The Labute approximate surface area is 231 Å². The summed E-state index contributed by atoms with van der Waals surface area (Å²) in [5.41, 5.74) is 6.02. The van der Waals surface area contributed by atoms with Gasteiger partial charge in [0.05, 0.1) is 29.0 Å². The molecular formula is C31H23NO9. The fourth-order valence-corrected chi connectivity index (χ4v) is 4.94. The lowest BCUT2D eigenvalue weighted by Crippen LogP contribution is -2.31. The lowest BCUT2D eigenvalue weighted by atomic mass is 9.82. The molecule has 0 radical (unpaired) electrons. The molecule has 206 valence electrons. The topological polar surface area (TPSA) is 151 Å². The van der Waals surface area contributed by atoms with E-state index < -0.39 is 23.1 Å². The number of ether oxygens (including phenoxy) is 3. The molecule has 3 N–H and O–H groups in total. The highest BCUT2D eigenvalue weighted by atomic mass is 16.5. The Bertz CT molecular complexity index is 1990. The minimum absolute atomic E-state index is 0.00159. The van der Waals surface area contributed by atoms with Crippen LogP contribution in [0.3, 0.4) is 0 Å². The maximum absolute atomic E-state index is 13.4. The first-order valence-corrected chi connectivity index (χ1v) is 12.7. The molecular weight excluding hydrogens is 530 g/mol. The number of nitrogens with two attached hydrogens (primary N) is 1. The van der Waals surface area contributed by atoms with Gasteiger partial charge >= 0.3 is 17.2 Å². The number of hydrogen-bond donors (Lipinski definition) is 2. The van der Waals surface area contributed by atoms with Gasteiger partial charge in [0.25, 0.3) is 0 Å². The zero-order valence-electron chi connectivity index (χ0n) is 21.7. The van der Waals surface area contributed by atoms with E-state index in [1.165, 1.54) is 18.2 Å². The van der Waals surface area contributed by atoms with E-state index in [9.17, 15) is 19.5 Å². The van der Waals surface area contributed by atoms with Gasteiger partial charge in [-0.25, -0.2) is 14.4 Å². The van der Waals surface area contributed by atoms with Crippen LogP contribution in [0.5, 0.6) is 17.2 Å². The zero-order valence-corrected chi connectivity index (χ0v) is 21.7. The van der Waals surface area contributed by atoms with E-state index in [1.54, 1.807) is 49.4 Å². The first-order valence-electron chi connectivity index (χ1n) is 12.7. The number of esters is 1. The van der Waals surface area contributed by atoms with E-state index in [1.807, 2.05) is 12.1 Å².